The number of hydrogen-bond donors (Lipinski definition) is 2. The highest BCUT2D eigenvalue weighted by molar-refractivity contribution is 6.42. The standard InChI is InChI=1S/C47H38Cl2N4O8/c1-58-47(57)40(22-28-7-12-35(13-8-28)60-36-17-19-50-20-18-36)52-44(54)41-24-32-23-39-42(25-33(32)26-53(41)46(56)31-5-3-2-4-6-31)61-43(45(55)51-39)30-10-14-34(15-11-30)59-27-29-9-16-37(48)38(49)21-29/h2-21,23,25,40-41,43H,22,24,26-27H2,1H3,(H,51,55)(H,52,54)/t40-,41?,43?/m0/s1. The van der Waals surface area contributed by atoms with Crippen molar-refractivity contribution in [3.8, 4) is 23.0 Å². The van der Waals surface area contributed by atoms with Crippen LogP contribution in [-0.4, -0.2) is 52.8 Å². The van der Waals surface area contributed by atoms with Crippen LogP contribution in [0.3, 0.4) is 0 Å². The number of halogens is 2. The number of rotatable bonds is 12. The number of aromatic nitrogens is 1. The fourth-order valence-corrected chi connectivity index (χ4v) is 7.53. The first-order valence-corrected chi connectivity index (χ1v) is 20.1. The lowest BCUT2D eigenvalue weighted by molar-refractivity contribution is -0.145. The van der Waals surface area contributed by atoms with Crippen molar-refractivity contribution < 1.29 is 38.1 Å². The van der Waals surface area contributed by atoms with Crippen LogP contribution >= 0.6 is 23.2 Å². The maximum atomic E-state index is 14.3. The fraction of sp³-hybridized carbons (Fsp3) is 0.170. The number of anilines is 1. The lowest BCUT2D eigenvalue weighted by Crippen LogP contribution is -2.56. The predicted molar refractivity (Wildman–Crippen MR) is 228 cm³/mol. The van der Waals surface area contributed by atoms with Crippen LogP contribution in [-0.2, 0) is 45.1 Å². The highest BCUT2D eigenvalue weighted by atomic mass is 35.5. The summed E-state index contributed by atoms with van der Waals surface area (Å²) in [6.45, 7) is 0.329. The molecule has 3 heterocycles. The average molecular weight is 858 g/mol. The van der Waals surface area contributed by atoms with E-state index in [1.54, 1.807) is 128 Å². The zero-order chi connectivity index (χ0) is 42.5. The molecule has 2 N–H and O–H groups in total. The van der Waals surface area contributed by atoms with E-state index in [1.165, 1.54) is 12.0 Å². The van der Waals surface area contributed by atoms with Crippen LogP contribution in [0.5, 0.6) is 23.0 Å². The summed E-state index contributed by atoms with van der Waals surface area (Å²) in [6.07, 6.45) is 2.52. The minimum atomic E-state index is -1.06. The lowest BCUT2D eigenvalue weighted by Gasteiger charge is -2.38. The summed E-state index contributed by atoms with van der Waals surface area (Å²) >= 11 is 12.2. The molecule has 1 aromatic heterocycles. The van der Waals surface area contributed by atoms with Gasteiger partial charge >= 0.3 is 5.97 Å². The van der Waals surface area contributed by atoms with Crippen LogP contribution < -0.4 is 24.8 Å². The minimum absolute atomic E-state index is 0.0586. The van der Waals surface area contributed by atoms with Gasteiger partial charge in [-0.05, 0) is 95.1 Å². The van der Waals surface area contributed by atoms with Crippen LogP contribution in [0.25, 0.3) is 0 Å². The molecule has 0 saturated carbocycles. The largest absolute Gasteiger partial charge is 0.489 e. The van der Waals surface area contributed by atoms with Crippen molar-refractivity contribution in [3.63, 3.8) is 0 Å². The topological polar surface area (TPSA) is 145 Å². The van der Waals surface area contributed by atoms with Gasteiger partial charge in [0.15, 0.2) is 0 Å². The number of esters is 1. The summed E-state index contributed by atoms with van der Waals surface area (Å²) in [7, 11) is 1.25. The van der Waals surface area contributed by atoms with E-state index in [4.69, 9.17) is 42.1 Å². The highest BCUT2D eigenvalue weighted by Gasteiger charge is 2.39. The smallest absolute Gasteiger partial charge is 0.328 e. The van der Waals surface area contributed by atoms with E-state index in [-0.39, 0.29) is 37.8 Å². The molecule has 0 bridgehead atoms. The molecule has 2 unspecified atom stereocenters. The fourth-order valence-electron chi connectivity index (χ4n) is 7.21. The Morgan fingerprint density at radius 3 is 2.26 bits per heavy atom. The van der Waals surface area contributed by atoms with Gasteiger partial charge in [0, 0.05) is 42.9 Å². The zero-order valence-corrected chi connectivity index (χ0v) is 34.2. The van der Waals surface area contributed by atoms with Crippen molar-refractivity contribution in [3.05, 3.63) is 177 Å². The molecule has 14 heteroatoms. The van der Waals surface area contributed by atoms with E-state index in [0.29, 0.717) is 49.9 Å². The number of hydrogen-bond acceptors (Lipinski definition) is 9. The number of carbonyl (C=O) groups is 4. The Kier molecular flexibility index (Phi) is 12.2. The van der Waals surface area contributed by atoms with Crippen molar-refractivity contribution in [2.24, 2.45) is 0 Å². The second kappa shape index (κ2) is 18.2. The van der Waals surface area contributed by atoms with Crippen LogP contribution in [0.4, 0.5) is 5.69 Å². The van der Waals surface area contributed by atoms with Crippen molar-refractivity contribution in [1.29, 1.82) is 0 Å². The minimum Gasteiger partial charge on any atom is -0.489 e. The summed E-state index contributed by atoms with van der Waals surface area (Å²) in [4.78, 5) is 60.5. The SMILES string of the molecule is COC(=O)[C@H](Cc1ccc(Oc2ccncc2)cc1)NC(=O)C1Cc2cc3c(cc2CN1C(=O)c1ccccc1)OC(c1ccc(OCc2ccc(Cl)c(Cl)c2)cc1)C(=O)N3. The number of amides is 3. The Bertz CT molecular complexity index is 2580. The van der Waals surface area contributed by atoms with Crippen LogP contribution in [0.15, 0.2) is 134 Å². The molecule has 12 nitrogen and oxygen atoms in total. The van der Waals surface area contributed by atoms with Crippen molar-refractivity contribution in [2.45, 2.75) is 44.2 Å². The number of pyridine rings is 1. The number of methoxy groups -OCH3 is 1. The Morgan fingerprint density at radius 2 is 1.54 bits per heavy atom. The van der Waals surface area contributed by atoms with Gasteiger partial charge < -0.3 is 34.5 Å². The van der Waals surface area contributed by atoms with Crippen LogP contribution in [0.2, 0.25) is 10.0 Å². The maximum absolute atomic E-state index is 14.3. The molecule has 8 rings (SSSR count). The van der Waals surface area contributed by atoms with Crippen LogP contribution in [0, 0.1) is 0 Å². The third-order valence-electron chi connectivity index (χ3n) is 10.4. The Labute approximate surface area is 361 Å². The monoisotopic (exact) mass is 856 g/mol. The Balaban J connectivity index is 0.994. The molecule has 6 aromatic rings. The average Bonchev–Trinajstić information content (AvgIpc) is 3.28. The normalized spacial score (nSPS) is 15.9. The number of ether oxygens (including phenoxy) is 4. The molecule has 3 atom stereocenters. The molecule has 2 aliphatic heterocycles. The third kappa shape index (κ3) is 9.46. The molecule has 308 valence electrons. The molecular weight excluding hydrogens is 819 g/mol. The lowest BCUT2D eigenvalue weighted by atomic mass is 9.91. The van der Waals surface area contributed by atoms with E-state index < -0.39 is 30.1 Å². The van der Waals surface area contributed by atoms with E-state index in [1.807, 2.05) is 6.07 Å². The number of fused-ring (bicyclic) bond motifs is 2. The number of nitrogens with zero attached hydrogens (tertiary/aromatic N) is 2. The second-order valence-corrected chi connectivity index (χ2v) is 15.3. The quantitative estimate of drug-likeness (QED) is 0.116. The van der Waals surface area contributed by atoms with Gasteiger partial charge in [-0.1, -0.05) is 71.7 Å². The third-order valence-corrected chi connectivity index (χ3v) is 11.1. The summed E-state index contributed by atoms with van der Waals surface area (Å²) in [5.74, 6) is 0.293. The predicted octanol–water partition coefficient (Wildman–Crippen LogP) is 8.30. The molecule has 0 aliphatic carbocycles. The van der Waals surface area contributed by atoms with Gasteiger partial charge in [-0.2, -0.15) is 0 Å². The first kappa shape index (κ1) is 40.9. The Morgan fingerprint density at radius 1 is 0.836 bits per heavy atom. The molecule has 0 saturated heterocycles. The molecule has 61 heavy (non-hydrogen) atoms. The van der Waals surface area contributed by atoms with Crippen molar-refractivity contribution in [1.82, 2.24) is 15.2 Å². The van der Waals surface area contributed by atoms with Gasteiger partial charge in [-0.3, -0.25) is 19.4 Å². The molecule has 0 radical (unpaired) electrons. The number of benzene rings is 5. The van der Waals surface area contributed by atoms with Gasteiger partial charge in [0.1, 0.15) is 41.7 Å². The highest BCUT2D eigenvalue weighted by Crippen LogP contribution is 2.40. The van der Waals surface area contributed by atoms with Gasteiger partial charge in [0.05, 0.1) is 22.8 Å². The van der Waals surface area contributed by atoms with E-state index >= 15 is 0 Å². The van der Waals surface area contributed by atoms with Crippen molar-refractivity contribution in [2.75, 3.05) is 12.4 Å². The van der Waals surface area contributed by atoms with Gasteiger partial charge in [-0.15, -0.1) is 0 Å². The summed E-state index contributed by atoms with van der Waals surface area (Å²) < 4.78 is 23.2. The van der Waals surface area contributed by atoms with E-state index in [9.17, 15) is 19.2 Å². The molecule has 2 aliphatic rings. The van der Waals surface area contributed by atoms with Crippen molar-refractivity contribution >= 4 is 52.6 Å². The summed E-state index contributed by atoms with van der Waals surface area (Å²) in [6, 6.07) is 33.1. The summed E-state index contributed by atoms with van der Waals surface area (Å²) in [5.41, 5.74) is 4.51. The Hall–Kier alpha value is -6.89. The van der Waals surface area contributed by atoms with E-state index in [0.717, 1.165) is 22.3 Å². The first-order valence-electron chi connectivity index (χ1n) is 19.3. The molecule has 5 aromatic carbocycles. The first-order chi connectivity index (χ1) is 29.6. The second-order valence-electron chi connectivity index (χ2n) is 14.4. The van der Waals surface area contributed by atoms with Gasteiger partial charge in [0.25, 0.3) is 11.8 Å². The zero-order valence-electron chi connectivity index (χ0n) is 32.7. The van der Waals surface area contributed by atoms with Gasteiger partial charge in [0.2, 0.25) is 12.0 Å². The molecular formula is C47H38Cl2N4O8. The molecule has 0 spiro atoms. The maximum Gasteiger partial charge on any atom is 0.328 e. The number of nitrogens with one attached hydrogen (secondary N) is 2. The van der Waals surface area contributed by atoms with E-state index in [2.05, 4.69) is 15.6 Å². The van der Waals surface area contributed by atoms with Crippen LogP contribution in [0.1, 0.15) is 44.3 Å². The van der Waals surface area contributed by atoms with Gasteiger partial charge in [-0.25, -0.2) is 4.79 Å². The molecule has 3 amide bonds. The number of carbonyl (C=O) groups excluding carboxylic acids is 4. The summed E-state index contributed by atoms with van der Waals surface area (Å²) in [5, 5.41) is 6.73. The molecule has 0 fully saturated rings.